The molecule has 1 N–H and O–H groups in total. The third-order valence-corrected chi connectivity index (χ3v) is 3.43. The molecule has 0 fully saturated rings. The molecule has 21 heavy (non-hydrogen) atoms. The van der Waals surface area contributed by atoms with Gasteiger partial charge in [-0.1, -0.05) is 23.7 Å². The lowest BCUT2D eigenvalue weighted by Crippen LogP contribution is -2.45. The number of halogens is 1. The number of rotatable bonds is 4. The van der Waals surface area contributed by atoms with Crippen LogP contribution in [-0.2, 0) is 4.79 Å². The standard InChI is InChI=1S/C15H15ClN2O3/c1-10-7-8-11(2)18(10)17(9-14(19)20)15(21)12-5-3-4-6-13(12)16/h3-8H,9H2,1-2H3,(H,19,20). The molecule has 0 spiro atoms. The second-order valence-electron chi connectivity index (χ2n) is 4.66. The summed E-state index contributed by atoms with van der Waals surface area (Å²) in [6, 6.07) is 10.2. The number of aromatic nitrogens is 1. The zero-order valence-corrected chi connectivity index (χ0v) is 12.5. The highest BCUT2D eigenvalue weighted by Crippen LogP contribution is 2.18. The summed E-state index contributed by atoms with van der Waals surface area (Å²) in [5, 5.41) is 10.6. The Labute approximate surface area is 127 Å². The van der Waals surface area contributed by atoms with Gasteiger partial charge in [-0.3, -0.25) is 14.3 Å². The minimum atomic E-state index is -1.09. The molecule has 0 aliphatic carbocycles. The van der Waals surface area contributed by atoms with Gasteiger partial charge in [0.15, 0.2) is 0 Å². The molecule has 6 heteroatoms. The van der Waals surface area contributed by atoms with Crippen LogP contribution in [0.1, 0.15) is 21.7 Å². The average Bonchev–Trinajstić information content (AvgIpc) is 2.75. The predicted octanol–water partition coefficient (Wildman–Crippen LogP) is 2.62. The molecule has 0 radical (unpaired) electrons. The van der Waals surface area contributed by atoms with Crippen LogP contribution in [-0.4, -0.2) is 28.2 Å². The Morgan fingerprint density at radius 3 is 2.24 bits per heavy atom. The van der Waals surface area contributed by atoms with Crippen LogP contribution < -0.4 is 5.01 Å². The molecule has 110 valence electrons. The smallest absolute Gasteiger partial charge is 0.325 e. The number of hydrogen-bond acceptors (Lipinski definition) is 2. The molecule has 0 aliphatic rings. The van der Waals surface area contributed by atoms with Gasteiger partial charge in [-0.25, -0.2) is 5.01 Å². The number of hydrogen-bond donors (Lipinski definition) is 1. The van der Waals surface area contributed by atoms with Crippen LogP contribution in [0.15, 0.2) is 36.4 Å². The lowest BCUT2D eigenvalue weighted by atomic mass is 10.2. The largest absolute Gasteiger partial charge is 0.480 e. The van der Waals surface area contributed by atoms with Crippen molar-refractivity contribution in [3.63, 3.8) is 0 Å². The van der Waals surface area contributed by atoms with Crippen LogP contribution in [0.5, 0.6) is 0 Å². The van der Waals surface area contributed by atoms with Crippen molar-refractivity contribution in [2.24, 2.45) is 0 Å². The van der Waals surface area contributed by atoms with Crippen LogP contribution in [0.4, 0.5) is 0 Å². The first kappa shape index (κ1) is 15.1. The van der Waals surface area contributed by atoms with Crippen molar-refractivity contribution in [3.05, 3.63) is 58.4 Å². The first-order valence-electron chi connectivity index (χ1n) is 6.35. The summed E-state index contributed by atoms with van der Waals surface area (Å²) >= 11 is 6.04. The Bertz CT molecular complexity index is 674. The van der Waals surface area contributed by atoms with Gasteiger partial charge in [0.05, 0.1) is 10.6 Å². The van der Waals surface area contributed by atoms with Crippen LogP contribution in [0.25, 0.3) is 0 Å². The number of carboxylic acid groups (broad SMARTS) is 1. The van der Waals surface area contributed by atoms with E-state index >= 15 is 0 Å². The van der Waals surface area contributed by atoms with Crippen LogP contribution >= 0.6 is 11.6 Å². The second-order valence-corrected chi connectivity index (χ2v) is 5.07. The van der Waals surface area contributed by atoms with Gasteiger partial charge in [-0.2, -0.15) is 0 Å². The number of amides is 1. The van der Waals surface area contributed by atoms with E-state index in [0.717, 1.165) is 11.4 Å². The molecule has 1 aromatic heterocycles. The first-order chi connectivity index (χ1) is 9.91. The van der Waals surface area contributed by atoms with Gasteiger partial charge in [0.1, 0.15) is 6.54 Å². The monoisotopic (exact) mass is 306 g/mol. The highest BCUT2D eigenvalue weighted by Gasteiger charge is 2.24. The molecule has 1 heterocycles. The van der Waals surface area contributed by atoms with Gasteiger partial charge in [0.2, 0.25) is 0 Å². The maximum absolute atomic E-state index is 12.7. The summed E-state index contributed by atoms with van der Waals surface area (Å²) in [7, 11) is 0. The van der Waals surface area contributed by atoms with E-state index in [-0.39, 0.29) is 5.56 Å². The highest BCUT2D eigenvalue weighted by atomic mass is 35.5. The number of carbonyl (C=O) groups is 2. The minimum absolute atomic E-state index is 0.271. The average molecular weight is 307 g/mol. The number of nitrogens with zero attached hydrogens (tertiary/aromatic N) is 2. The summed E-state index contributed by atoms with van der Waals surface area (Å²) in [5.41, 5.74) is 1.82. The Morgan fingerprint density at radius 1 is 1.14 bits per heavy atom. The van der Waals surface area contributed by atoms with Gasteiger partial charge in [-0.05, 0) is 38.1 Å². The highest BCUT2D eigenvalue weighted by molar-refractivity contribution is 6.34. The molecule has 1 aromatic carbocycles. The number of carboxylic acids is 1. The maximum atomic E-state index is 12.7. The molecule has 1 amide bonds. The van der Waals surface area contributed by atoms with E-state index in [1.54, 1.807) is 28.9 Å². The summed E-state index contributed by atoms with van der Waals surface area (Å²) in [6.45, 7) is 3.17. The summed E-state index contributed by atoms with van der Waals surface area (Å²) < 4.78 is 1.58. The van der Waals surface area contributed by atoms with E-state index in [4.69, 9.17) is 16.7 Å². The molecular weight excluding hydrogens is 292 g/mol. The molecule has 2 rings (SSSR count). The Balaban J connectivity index is 2.49. The Kier molecular flexibility index (Phi) is 4.33. The molecular formula is C15H15ClN2O3. The number of benzene rings is 1. The molecule has 5 nitrogen and oxygen atoms in total. The van der Waals surface area contributed by atoms with E-state index in [0.29, 0.717) is 5.02 Å². The second kappa shape index (κ2) is 6.01. The van der Waals surface area contributed by atoms with Crippen LogP contribution in [0.3, 0.4) is 0 Å². The van der Waals surface area contributed by atoms with Crippen molar-refractivity contribution in [3.8, 4) is 0 Å². The minimum Gasteiger partial charge on any atom is -0.480 e. The van der Waals surface area contributed by atoms with E-state index < -0.39 is 18.4 Å². The first-order valence-corrected chi connectivity index (χ1v) is 6.73. The van der Waals surface area contributed by atoms with Crippen molar-refractivity contribution in [2.45, 2.75) is 13.8 Å². The zero-order valence-electron chi connectivity index (χ0n) is 11.7. The predicted molar refractivity (Wildman–Crippen MR) is 80.4 cm³/mol. The zero-order chi connectivity index (χ0) is 15.6. The summed E-state index contributed by atoms with van der Waals surface area (Å²) in [5.74, 6) is -1.55. The molecule has 0 unspecified atom stereocenters. The SMILES string of the molecule is Cc1ccc(C)n1N(CC(=O)O)C(=O)c1ccccc1Cl. The third kappa shape index (κ3) is 3.08. The Morgan fingerprint density at radius 2 is 1.71 bits per heavy atom. The topological polar surface area (TPSA) is 62.5 Å². The molecule has 0 saturated carbocycles. The van der Waals surface area contributed by atoms with E-state index in [9.17, 15) is 9.59 Å². The van der Waals surface area contributed by atoms with E-state index in [1.807, 2.05) is 26.0 Å². The normalized spacial score (nSPS) is 10.4. The maximum Gasteiger partial charge on any atom is 0.325 e. The number of aryl methyl sites for hydroxylation is 2. The number of carbonyl (C=O) groups excluding carboxylic acids is 1. The van der Waals surface area contributed by atoms with E-state index in [2.05, 4.69) is 0 Å². The third-order valence-electron chi connectivity index (χ3n) is 3.10. The van der Waals surface area contributed by atoms with Crippen molar-refractivity contribution in [1.29, 1.82) is 0 Å². The fraction of sp³-hybridized carbons (Fsp3) is 0.200. The van der Waals surface area contributed by atoms with Gasteiger partial charge in [0.25, 0.3) is 5.91 Å². The van der Waals surface area contributed by atoms with Crippen molar-refractivity contribution in [1.82, 2.24) is 4.68 Å². The summed E-state index contributed by atoms with van der Waals surface area (Å²) in [6.07, 6.45) is 0. The van der Waals surface area contributed by atoms with Crippen molar-refractivity contribution in [2.75, 3.05) is 11.6 Å². The summed E-state index contributed by atoms with van der Waals surface area (Å²) in [4.78, 5) is 23.8. The Hall–Kier alpha value is -2.27. The van der Waals surface area contributed by atoms with Crippen LogP contribution in [0.2, 0.25) is 5.02 Å². The van der Waals surface area contributed by atoms with Gasteiger partial charge < -0.3 is 5.11 Å². The fourth-order valence-electron chi connectivity index (χ4n) is 2.18. The van der Waals surface area contributed by atoms with Gasteiger partial charge >= 0.3 is 5.97 Å². The van der Waals surface area contributed by atoms with Crippen molar-refractivity contribution < 1.29 is 14.7 Å². The van der Waals surface area contributed by atoms with Gasteiger partial charge in [-0.15, -0.1) is 0 Å². The van der Waals surface area contributed by atoms with E-state index in [1.165, 1.54) is 5.01 Å². The molecule has 2 aromatic rings. The van der Waals surface area contributed by atoms with Crippen molar-refractivity contribution >= 4 is 23.5 Å². The molecule has 0 atom stereocenters. The van der Waals surface area contributed by atoms with Gasteiger partial charge in [0, 0.05) is 11.4 Å². The lowest BCUT2D eigenvalue weighted by Gasteiger charge is -2.25. The fourth-order valence-corrected chi connectivity index (χ4v) is 2.39. The molecule has 0 bridgehead atoms. The molecule has 0 aliphatic heterocycles. The quantitative estimate of drug-likeness (QED) is 0.944. The molecule has 0 saturated heterocycles. The lowest BCUT2D eigenvalue weighted by molar-refractivity contribution is -0.135. The van der Waals surface area contributed by atoms with Crippen LogP contribution in [0, 0.1) is 13.8 Å². The number of aliphatic carboxylic acids is 1.